The van der Waals surface area contributed by atoms with Gasteiger partial charge in [0.05, 0.1) is 5.56 Å². The predicted molar refractivity (Wildman–Crippen MR) is 93.1 cm³/mol. The van der Waals surface area contributed by atoms with Crippen molar-refractivity contribution in [1.82, 2.24) is 5.16 Å². The van der Waals surface area contributed by atoms with Gasteiger partial charge in [-0.15, -0.1) is 0 Å². The number of sulfone groups is 1. The Labute approximate surface area is 159 Å². The molecule has 27 heavy (non-hydrogen) atoms. The number of alkyl halides is 3. The number of aromatic nitrogens is 1. The molecule has 2 aromatic carbocycles. The van der Waals surface area contributed by atoms with Crippen LogP contribution in [0.4, 0.5) is 17.6 Å². The van der Waals surface area contributed by atoms with Crippen LogP contribution >= 0.6 is 15.9 Å². The van der Waals surface area contributed by atoms with E-state index in [1.165, 1.54) is 12.1 Å². The summed E-state index contributed by atoms with van der Waals surface area (Å²) < 4.78 is 82.6. The van der Waals surface area contributed by atoms with Crippen molar-refractivity contribution < 1.29 is 30.5 Å². The van der Waals surface area contributed by atoms with Gasteiger partial charge in [-0.05, 0) is 29.8 Å². The summed E-state index contributed by atoms with van der Waals surface area (Å²) in [5.74, 6) is -2.56. The van der Waals surface area contributed by atoms with E-state index in [-0.39, 0.29) is 11.3 Å². The molecule has 1 aromatic heterocycles. The summed E-state index contributed by atoms with van der Waals surface area (Å²) in [6.07, 6.45) is -4.07. The zero-order valence-electron chi connectivity index (χ0n) is 13.5. The second-order valence-corrected chi connectivity index (χ2v) is 8.56. The molecule has 3 rings (SSSR count). The molecule has 0 aliphatic heterocycles. The number of hydrogen-bond acceptors (Lipinski definition) is 4. The van der Waals surface area contributed by atoms with Crippen molar-refractivity contribution in [2.75, 3.05) is 6.26 Å². The van der Waals surface area contributed by atoms with Crippen LogP contribution in [0, 0.1) is 5.82 Å². The van der Waals surface area contributed by atoms with Crippen LogP contribution in [0.3, 0.4) is 0 Å². The summed E-state index contributed by atoms with van der Waals surface area (Å²) >= 11 is 3.22. The fraction of sp³-hybridized carbons (Fsp3) is 0.118. The Bertz CT molecular complexity index is 1120. The molecule has 0 atom stereocenters. The van der Waals surface area contributed by atoms with Gasteiger partial charge in [-0.2, -0.15) is 13.2 Å². The molecule has 4 nitrogen and oxygen atoms in total. The third kappa shape index (κ3) is 3.91. The summed E-state index contributed by atoms with van der Waals surface area (Å²) in [5.41, 5.74) is -0.510. The zero-order chi connectivity index (χ0) is 20.0. The van der Waals surface area contributed by atoms with E-state index in [9.17, 15) is 26.0 Å². The Balaban J connectivity index is 2.28. The lowest BCUT2D eigenvalue weighted by Gasteiger charge is -2.09. The molecule has 3 aromatic rings. The maximum absolute atomic E-state index is 14.2. The SMILES string of the molecule is CS(=O)(=O)c1ccc(-c2c(-c3cccc(Br)c3)noc2C(F)(F)F)cc1F. The summed E-state index contributed by atoms with van der Waals surface area (Å²) in [6, 6.07) is 9.05. The largest absolute Gasteiger partial charge is 0.453 e. The van der Waals surface area contributed by atoms with Crippen molar-refractivity contribution in [3.63, 3.8) is 0 Å². The van der Waals surface area contributed by atoms with Crippen LogP contribution in [0.25, 0.3) is 22.4 Å². The van der Waals surface area contributed by atoms with E-state index in [2.05, 4.69) is 25.6 Å². The molecule has 0 aliphatic carbocycles. The topological polar surface area (TPSA) is 60.2 Å². The third-order valence-electron chi connectivity index (χ3n) is 3.67. The van der Waals surface area contributed by atoms with Gasteiger partial charge in [0.1, 0.15) is 16.4 Å². The minimum absolute atomic E-state index is 0.143. The minimum Gasteiger partial charge on any atom is -0.350 e. The van der Waals surface area contributed by atoms with Crippen molar-refractivity contribution >= 4 is 25.8 Å². The second kappa shape index (κ2) is 6.75. The second-order valence-electron chi connectivity index (χ2n) is 5.66. The van der Waals surface area contributed by atoms with Gasteiger partial charge >= 0.3 is 6.18 Å². The van der Waals surface area contributed by atoms with E-state index in [1.807, 2.05) is 0 Å². The normalized spacial score (nSPS) is 12.4. The van der Waals surface area contributed by atoms with Gasteiger partial charge in [0.2, 0.25) is 5.76 Å². The molecule has 142 valence electrons. The first-order chi connectivity index (χ1) is 12.5. The molecule has 0 spiro atoms. The molecule has 0 saturated heterocycles. The Hall–Kier alpha value is -2.20. The molecular formula is C17H10BrF4NO3S. The number of hydrogen-bond donors (Lipinski definition) is 0. The van der Waals surface area contributed by atoms with Crippen LogP contribution in [0.15, 0.2) is 56.4 Å². The Morgan fingerprint density at radius 2 is 1.78 bits per heavy atom. The molecule has 0 N–H and O–H groups in total. The third-order valence-corrected chi connectivity index (χ3v) is 5.29. The smallest absolute Gasteiger partial charge is 0.350 e. The van der Waals surface area contributed by atoms with E-state index < -0.39 is 38.0 Å². The van der Waals surface area contributed by atoms with Gasteiger partial charge in [-0.3, -0.25) is 0 Å². The highest BCUT2D eigenvalue weighted by atomic mass is 79.9. The van der Waals surface area contributed by atoms with Crippen LogP contribution in [0.2, 0.25) is 0 Å². The van der Waals surface area contributed by atoms with Crippen molar-refractivity contribution in [3.05, 3.63) is 58.5 Å². The fourth-order valence-corrected chi connectivity index (χ4v) is 3.67. The molecule has 0 amide bonds. The number of halogens is 5. The predicted octanol–water partition coefficient (Wildman–Crippen LogP) is 5.33. The van der Waals surface area contributed by atoms with Gasteiger partial charge in [0.25, 0.3) is 0 Å². The maximum Gasteiger partial charge on any atom is 0.453 e. The highest BCUT2D eigenvalue weighted by molar-refractivity contribution is 9.10. The Morgan fingerprint density at radius 3 is 2.33 bits per heavy atom. The van der Waals surface area contributed by atoms with E-state index in [1.54, 1.807) is 12.1 Å². The van der Waals surface area contributed by atoms with Crippen LogP contribution in [0.1, 0.15) is 5.76 Å². The average Bonchev–Trinajstić information content (AvgIpc) is 2.98. The van der Waals surface area contributed by atoms with E-state index in [0.29, 0.717) is 10.0 Å². The maximum atomic E-state index is 14.2. The molecule has 10 heteroatoms. The fourth-order valence-electron chi connectivity index (χ4n) is 2.54. The lowest BCUT2D eigenvalue weighted by atomic mass is 9.99. The molecule has 0 fully saturated rings. The first-order valence-corrected chi connectivity index (χ1v) is 9.99. The molecule has 0 saturated carbocycles. The molecule has 1 heterocycles. The van der Waals surface area contributed by atoms with Crippen molar-refractivity contribution in [2.45, 2.75) is 11.1 Å². The van der Waals surface area contributed by atoms with Crippen molar-refractivity contribution in [1.29, 1.82) is 0 Å². The van der Waals surface area contributed by atoms with Crippen LogP contribution in [0.5, 0.6) is 0 Å². The molecule has 0 aliphatic rings. The zero-order valence-corrected chi connectivity index (χ0v) is 15.9. The quantitative estimate of drug-likeness (QED) is 0.492. The molecule has 0 bridgehead atoms. The highest BCUT2D eigenvalue weighted by Crippen LogP contribution is 2.43. The number of nitrogens with zero attached hydrogens (tertiary/aromatic N) is 1. The van der Waals surface area contributed by atoms with Crippen molar-refractivity contribution in [3.8, 4) is 22.4 Å². The first-order valence-electron chi connectivity index (χ1n) is 7.31. The standard InChI is InChI=1S/C17H10BrF4NO3S/c1-27(24,25)13-6-5-9(8-12(13)19)14-15(10-3-2-4-11(18)7-10)23-26-16(14)17(20,21)22/h2-8H,1H3. The van der Waals surface area contributed by atoms with Gasteiger partial charge in [0.15, 0.2) is 9.84 Å². The molecule has 0 radical (unpaired) electrons. The van der Waals surface area contributed by atoms with Crippen molar-refractivity contribution in [2.24, 2.45) is 0 Å². The van der Waals surface area contributed by atoms with Gasteiger partial charge in [-0.25, -0.2) is 12.8 Å². The van der Waals surface area contributed by atoms with E-state index >= 15 is 0 Å². The van der Waals surface area contributed by atoms with Gasteiger partial charge in [-0.1, -0.05) is 39.3 Å². The van der Waals surface area contributed by atoms with Crippen LogP contribution in [-0.4, -0.2) is 19.8 Å². The Kier molecular flexibility index (Phi) is 4.89. The lowest BCUT2D eigenvalue weighted by Crippen LogP contribution is -2.06. The summed E-state index contributed by atoms with van der Waals surface area (Å²) in [4.78, 5) is -0.611. The minimum atomic E-state index is -4.88. The number of benzene rings is 2. The van der Waals surface area contributed by atoms with Crippen LogP contribution < -0.4 is 0 Å². The monoisotopic (exact) mass is 463 g/mol. The first kappa shape index (κ1) is 19.6. The van der Waals surface area contributed by atoms with Gasteiger partial charge < -0.3 is 4.52 Å². The number of rotatable bonds is 3. The molecule has 0 unspecified atom stereocenters. The Morgan fingerprint density at radius 1 is 1.07 bits per heavy atom. The van der Waals surface area contributed by atoms with Gasteiger partial charge in [0, 0.05) is 16.3 Å². The highest BCUT2D eigenvalue weighted by Gasteiger charge is 2.41. The molecular weight excluding hydrogens is 454 g/mol. The summed E-state index contributed by atoms with van der Waals surface area (Å²) in [7, 11) is -3.87. The summed E-state index contributed by atoms with van der Waals surface area (Å²) in [6.45, 7) is 0. The van der Waals surface area contributed by atoms with E-state index in [0.717, 1.165) is 24.5 Å². The average molecular weight is 464 g/mol. The summed E-state index contributed by atoms with van der Waals surface area (Å²) in [5, 5.41) is 3.51. The van der Waals surface area contributed by atoms with Crippen LogP contribution in [-0.2, 0) is 16.0 Å². The lowest BCUT2D eigenvalue weighted by molar-refractivity contribution is -0.154. The van der Waals surface area contributed by atoms with E-state index in [4.69, 9.17) is 0 Å².